The van der Waals surface area contributed by atoms with Crippen LogP contribution in [0.1, 0.15) is 5.56 Å². The van der Waals surface area contributed by atoms with Gasteiger partial charge in [-0.2, -0.15) is 0 Å². The van der Waals surface area contributed by atoms with Gasteiger partial charge in [0.25, 0.3) is 5.82 Å². The molecule has 0 bridgehead atoms. The third kappa shape index (κ3) is 2.45. The minimum absolute atomic E-state index is 0. The number of pyridine rings is 1. The second-order valence-corrected chi connectivity index (χ2v) is 4.67. The van der Waals surface area contributed by atoms with E-state index in [1.165, 1.54) is 11.4 Å². The summed E-state index contributed by atoms with van der Waals surface area (Å²) in [5.41, 5.74) is 1.19. The van der Waals surface area contributed by atoms with Crippen LogP contribution in [0.4, 0.5) is 5.82 Å². The van der Waals surface area contributed by atoms with Gasteiger partial charge in [0.2, 0.25) is 0 Å². The number of hydrogen-bond acceptors (Lipinski definition) is 1. The molecular formula is C14H14Cl2N2. The van der Waals surface area contributed by atoms with Gasteiger partial charge in [0.15, 0.2) is 0 Å². The van der Waals surface area contributed by atoms with Crippen molar-refractivity contribution in [1.82, 2.24) is 0 Å². The van der Waals surface area contributed by atoms with Crippen molar-refractivity contribution in [2.75, 3.05) is 11.4 Å². The molecular weight excluding hydrogens is 267 g/mol. The summed E-state index contributed by atoms with van der Waals surface area (Å²) in [6.45, 7) is 2.99. The third-order valence-corrected chi connectivity index (χ3v) is 3.54. The fourth-order valence-corrected chi connectivity index (χ4v) is 2.47. The lowest BCUT2D eigenvalue weighted by molar-refractivity contribution is -0.671. The van der Waals surface area contributed by atoms with Crippen molar-refractivity contribution in [3.63, 3.8) is 0 Å². The largest absolute Gasteiger partial charge is 1.00 e. The molecule has 0 aliphatic carbocycles. The van der Waals surface area contributed by atoms with Gasteiger partial charge < -0.3 is 12.4 Å². The lowest BCUT2D eigenvalue weighted by Gasteiger charge is -2.11. The summed E-state index contributed by atoms with van der Waals surface area (Å²) >= 11 is 6.20. The fourth-order valence-electron chi connectivity index (χ4n) is 2.28. The van der Waals surface area contributed by atoms with E-state index in [4.69, 9.17) is 11.6 Å². The van der Waals surface area contributed by atoms with Gasteiger partial charge in [-0.15, -0.1) is 0 Å². The number of rotatable bonds is 2. The van der Waals surface area contributed by atoms with Crippen LogP contribution in [0.25, 0.3) is 0 Å². The Morgan fingerprint density at radius 2 is 1.89 bits per heavy atom. The summed E-state index contributed by atoms with van der Waals surface area (Å²) in [7, 11) is 0. The van der Waals surface area contributed by atoms with E-state index in [-0.39, 0.29) is 12.4 Å². The van der Waals surface area contributed by atoms with Gasteiger partial charge >= 0.3 is 0 Å². The molecule has 0 fully saturated rings. The number of fused-ring (bicyclic) bond motifs is 1. The topological polar surface area (TPSA) is 7.12 Å². The number of benzene rings is 1. The van der Waals surface area contributed by atoms with Crippen LogP contribution in [-0.2, 0) is 13.1 Å². The van der Waals surface area contributed by atoms with Gasteiger partial charge in [0.05, 0.1) is 6.20 Å². The molecule has 4 heteroatoms. The number of hydrogen-bond donors (Lipinski definition) is 0. The number of halogens is 2. The molecule has 2 aromatic rings. The Bertz CT molecular complexity index is 543. The van der Waals surface area contributed by atoms with Gasteiger partial charge in [0.1, 0.15) is 19.6 Å². The fraction of sp³-hybridized carbons (Fsp3) is 0.214. The minimum Gasteiger partial charge on any atom is -1.00 e. The van der Waals surface area contributed by atoms with Gasteiger partial charge in [-0.05, 0) is 12.1 Å². The van der Waals surface area contributed by atoms with Crippen LogP contribution in [0, 0.1) is 0 Å². The summed E-state index contributed by atoms with van der Waals surface area (Å²) in [6, 6.07) is 14.4. The Hall–Kier alpha value is -1.25. The second kappa shape index (κ2) is 5.59. The van der Waals surface area contributed by atoms with E-state index in [1.807, 2.05) is 18.2 Å². The van der Waals surface area contributed by atoms with Crippen molar-refractivity contribution in [3.05, 3.63) is 59.2 Å². The lowest BCUT2D eigenvalue weighted by atomic mass is 10.2. The molecule has 18 heavy (non-hydrogen) atoms. The van der Waals surface area contributed by atoms with Gasteiger partial charge in [-0.3, -0.25) is 4.90 Å². The van der Waals surface area contributed by atoms with E-state index in [2.05, 4.69) is 39.9 Å². The normalized spacial score (nSPS) is 13.1. The highest BCUT2D eigenvalue weighted by Crippen LogP contribution is 2.21. The SMILES string of the molecule is Clc1ccccc1CN1CC[n+]2ccccc21.[Cl-]. The standard InChI is InChI=1S/C14H14ClN2.ClH/c15-13-6-2-1-5-12(13)11-17-10-9-16-8-4-3-7-14(16)17;/h1-8H,9-11H2;1H/q+1;/p-1. The molecule has 1 aromatic heterocycles. The molecule has 3 rings (SSSR count). The Morgan fingerprint density at radius 3 is 2.72 bits per heavy atom. The summed E-state index contributed by atoms with van der Waals surface area (Å²) in [6.07, 6.45) is 2.13. The van der Waals surface area contributed by atoms with Crippen molar-refractivity contribution in [3.8, 4) is 0 Å². The third-order valence-electron chi connectivity index (χ3n) is 3.17. The maximum atomic E-state index is 6.20. The van der Waals surface area contributed by atoms with Gasteiger partial charge in [-0.1, -0.05) is 35.9 Å². The Morgan fingerprint density at radius 1 is 1.11 bits per heavy atom. The van der Waals surface area contributed by atoms with Crippen molar-refractivity contribution in [2.45, 2.75) is 13.1 Å². The molecule has 0 spiro atoms. The van der Waals surface area contributed by atoms with Crippen LogP contribution >= 0.6 is 11.6 Å². The molecule has 0 saturated carbocycles. The summed E-state index contributed by atoms with van der Waals surface area (Å²) in [5, 5.41) is 0.849. The first-order valence-corrected chi connectivity index (χ1v) is 6.19. The first-order chi connectivity index (χ1) is 8.34. The number of nitrogens with zero attached hydrogens (tertiary/aromatic N) is 2. The Balaban J connectivity index is 0.00000120. The van der Waals surface area contributed by atoms with Crippen LogP contribution in [-0.4, -0.2) is 6.54 Å². The van der Waals surface area contributed by atoms with Crippen LogP contribution in [0.2, 0.25) is 5.02 Å². The molecule has 1 aliphatic heterocycles. The van der Waals surface area contributed by atoms with Crippen molar-refractivity contribution in [1.29, 1.82) is 0 Å². The van der Waals surface area contributed by atoms with Crippen molar-refractivity contribution in [2.24, 2.45) is 0 Å². The molecule has 0 atom stereocenters. The van der Waals surface area contributed by atoms with E-state index in [0.29, 0.717) is 0 Å². The van der Waals surface area contributed by atoms with Crippen LogP contribution in [0.3, 0.4) is 0 Å². The maximum Gasteiger partial charge on any atom is 0.277 e. The average Bonchev–Trinajstić information content (AvgIpc) is 2.76. The van der Waals surface area contributed by atoms with Crippen molar-refractivity contribution >= 4 is 17.4 Å². The highest BCUT2D eigenvalue weighted by Gasteiger charge is 2.26. The smallest absolute Gasteiger partial charge is 0.277 e. The second-order valence-electron chi connectivity index (χ2n) is 4.27. The molecule has 1 aromatic carbocycles. The molecule has 0 radical (unpaired) electrons. The highest BCUT2D eigenvalue weighted by atomic mass is 35.5. The number of aromatic nitrogens is 1. The lowest BCUT2D eigenvalue weighted by Crippen LogP contribution is -3.00. The number of anilines is 1. The van der Waals surface area contributed by atoms with Gasteiger partial charge in [-0.25, -0.2) is 4.57 Å². The summed E-state index contributed by atoms with van der Waals surface area (Å²) in [4.78, 5) is 2.36. The Labute approximate surface area is 118 Å². The zero-order chi connectivity index (χ0) is 11.7. The maximum absolute atomic E-state index is 6.20. The average molecular weight is 281 g/mol. The molecule has 0 saturated heterocycles. The molecule has 1 aliphatic rings. The monoisotopic (exact) mass is 280 g/mol. The van der Waals surface area contributed by atoms with Crippen LogP contribution in [0.15, 0.2) is 48.7 Å². The molecule has 0 N–H and O–H groups in total. The molecule has 2 heterocycles. The zero-order valence-corrected chi connectivity index (χ0v) is 11.4. The molecule has 94 valence electrons. The quantitative estimate of drug-likeness (QED) is 0.683. The zero-order valence-electron chi connectivity index (χ0n) is 9.89. The molecule has 0 amide bonds. The van der Waals surface area contributed by atoms with E-state index >= 15 is 0 Å². The summed E-state index contributed by atoms with van der Waals surface area (Å²) in [5.74, 6) is 1.27. The Kier molecular flexibility index (Phi) is 4.10. The van der Waals surface area contributed by atoms with Crippen molar-refractivity contribution < 1.29 is 17.0 Å². The predicted molar refractivity (Wildman–Crippen MR) is 69.1 cm³/mol. The highest BCUT2D eigenvalue weighted by molar-refractivity contribution is 6.31. The van der Waals surface area contributed by atoms with E-state index in [1.54, 1.807) is 0 Å². The minimum atomic E-state index is 0. The van der Waals surface area contributed by atoms with Crippen LogP contribution < -0.4 is 21.9 Å². The molecule has 2 nitrogen and oxygen atoms in total. The summed E-state index contributed by atoms with van der Waals surface area (Å²) < 4.78 is 2.27. The van der Waals surface area contributed by atoms with E-state index < -0.39 is 0 Å². The predicted octanol–water partition coefficient (Wildman–Crippen LogP) is -0.348. The van der Waals surface area contributed by atoms with Gasteiger partial charge in [0, 0.05) is 16.7 Å². The van der Waals surface area contributed by atoms with E-state index in [0.717, 1.165) is 24.7 Å². The first kappa shape index (κ1) is 13.2. The first-order valence-electron chi connectivity index (χ1n) is 5.81. The van der Waals surface area contributed by atoms with Crippen LogP contribution in [0.5, 0.6) is 0 Å². The molecule has 0 unspecified atom stereocenters. The van der Waals surface area contributed by atoms with E-state index in [9.17, 15) is 0 Å².